The van der Waals surface area contributed by atoms with Gasteiger partial charge in [-0.15, -0.1) is 0 Å². The number of hydrogen-bond acceptors (Lipinski definition) is 4. The van der Waals surface area contributed by atoms with Crippen LogP contribution in [0, 0.1) is 12.8 Å². The standard InChI is InChI=1S/C14H22N4O3/c1-10-12(9-17(2)16-10)14(21)18-5-3-4-11(8-18)6-15-7-13(19)20/h9,11,15H,3-8H2,1-2H3,(H,19,20). The van der Waals surface area contributed by atoms with E-state index in [1.807, 2.05) is 11.8 Å². The Morgan fingerprint density at radius 3 is 2.90 bits per heavy atom. The van der Waals surface area contributed by atoms with Crippen molar-refractivity contribution in [1.82, 2.24) is 20.0 Å². The lowest BCUT2D eigenvalue weighted by atomic mass is 9.97. The normalized spacial score (nSPS) is 18.8. The van der Waals surface area contributed by atoms with Crippen molar-refractivity contribution < 1.29 is 14.7 Å². The van der Waals surface area contributed by atoms with Gasteiger partial charge < -0.3 is 15.3 Å². The van der Waals surface area contributed by atoms with Gasteiger partial charge in [0.05, 0.1) is 17.8 Å². The number of hydrogen-bond donors (Lipinski definition) is 2. The Labute approximate surface area is 123 Å². The molecule has 1 fully saturated rings. The first-order chi connectivity index (χ1) is 9.97. The maximum atomic E-state index is 12.5. The summed E-state index contributed by atoms with van der Waals surface area (Å²) in [5, 5.41) is 15.8. The van der Waals surface area contributed by atoms with E-state index in [0.717, 1.165) is 25.1 Å². The smallest absolute Gasteiger partial charge is 0.317 e. The predicted molar refractivity (Wildman–Crippen MR) is 77.1 cm³/mol. The van der Waals surface area contributed by atoms with E-state index in [9.17, 15) is 9.59 Å². The van der Waals surface area contributed by atoms with E-state index in [1.165, 1.54) is 0 Å². The maximum absolute atomic E-state index is 12.5. The number of carboxylic acids is 1. The molecule has 0 radical (unpaired) electrons. The van der Waals surface area contributed by atoms with Crippen LogP contribution in [0.1, 0.15) is 28.9 Å². The summed E-state index contributed by atoms with van der Waals surface area (Å²) in [4.78, 5) is 24.9. The lowest BCUT2D eigenvalue weighted by Crippen LogP contribution is -2.43. The summed E-state index contributed by atoms with van der Waals surface area (Å²) in [6.07, 6.45) is 3.72. The predicted octanol–water partition coefficient (Wildman–Crippen LogP) is 0.255. The fraction of sp³-hybridized carbons (Fsp3) is 0.643. The van der Waals surface area contributed by atoms with Crippen LogP contribution >= 0.6 is 0 Å². The van der Waals surface area contributed by atoms with Gasteiger partial charge in [0.1, 0.15) is 0 Å². The second-order valence-electron chi connectivity index (χ2n) is 5.59. The number of amides is 1. The minimum Gasteiger partial charge on any atom is -0.480 e. The molecule has 7 nitrogen and oxygen atoms in total. The Bertz CT molecular complexity index is 526. The SMILES string of the molecule is Cc1nn(C)cc1C(=O)N1CCCC(CNCC(=O)O)C1. The van der Waals surface area contributed by atoms with Gasteiger partial charge in [0.25, 0.3) is 5.91 Å². The van der Waals surface area contributed by atoms with Gasteiger partial charge in [-0.1, -0.05) is 0 Å². The van der Waals surface area contributed by atoms with Crippen LogP contribution in [0.15, 0.2) is 6.20 Å². The van der Waals surface area contributed by atoms with Crippen molar-refractivity contribution in [3.8, 4) is 0 Å². The zero-order valence-corrected chi connectivity index (χ0v) is 12.5. The highest BCUT2D eigenvalue weighted by molar-refractivity contribution is 5.95. The molecule has 1 aromatic heterocycles. The highest BCUT2D eigenvalue weighted by Gasteiger charge is 2.26. The largest absolute Gasteiger partial charge is 0.480 e. The van der Waals surface area contributed by atoms with Gasteiger partial charge in [-0.05, 0) is 25.7 Å². The first-order valence-electron chi connectivity index (χ1n) is 7.19. The number of aryl methyl sites for hydroxylation is 2. The van der Waals surface area contributed by atoms with Crippen molar-refractivity contribution >= 4 is 11.9 Å². The molecule has 1 aliphatic heterocycles. The van der Waals surface area contributed by atoms with Crippen molar-refractivity contribution in [3.63, 3.8) is 0 Å². The third kappa shape index (κ3) is 4.04. The molecular weight excluding hydrogens is 272 g/mol. The number of rotatable bonds is 5. The topological polar surface area (TPSA) is 87.5 Å². The summed E-state index contributed by atoms with van der Waals surface area (Å²) in [6, 6.07) is 0. The lowest BCUT2D eigenvalue weighted by molar-refractivity contribution is -0.136. The number of aliphatic carboxylic acids is 1. The molecule has 116 valence electrons. The Hall–Kier alpha value is -1.89. The summed E-state index contributed by atoms with van der Waals surface area (Å²) < 4.78 is 1.65. The quantitative estimate of drug-likeness (QED) is 0.813. The molecule has 1 unspecified atom stereocenters. The Balaban J connectivity index is 1.92. The molecule has 21 heavy (non-hydrogen) atoms. The van der Waals surface area contributed by atoms with Crippen molar-refractivity contribution in [2.45, 2.75) is 19.8 Å². The maximum Gasteiger partial charge on any atom is 0.317 e. The first kappa shape index (κ1) is 15.5. The number of carbonyl (C=O) groups is 2. The molecular formula is C14H22N4O3. The summed E-state index contributed by atoms with van der Waals surface area (Å²) in [5.74, 6) is -0.535. The molecule has 0 bridgehead atoms. The summed E-state index contributed by atoms with van der Waals surface area (Å²) in [7, 11) is 1.80. The highest BCUT2D eigenvalue weighted by Crippen LogP contribution is 2.19. The molecule has 7 heteroatoms. The van der Waals surface area contributed by atoms with Crippen LogP contribution in [0.25, 0.3) is 0 Å². The summed E-state index contributed by atoms with van der Waals surface area (Å²) in [5.41, 5.74) is 1.39. The van der Waals surface area contributed by atoms with Crippen molar-refractivity contribution in [3.05, 3.63) is 17.5 Å². The van der Waals surface area contributed by atoms with Gasteiger partial charge in [0.2, 0.25) is 0 Å². The fourth-order valence-corrected chi connectivity index (χ4v) is 2.78. The molecule has 0 aliphatic carbocycles. The number of nitrogens with one attached hydrogen (secondary N) is 1. The zero-order chi connectivity index (χ0) is 15.4. The average molecular weight is 294 g/mol. The van der Waals surface area contributed by atoms with Crippen LogP contribution in [-0.2, 0) is 11.8 Å². The molecule has 0 saturated carbocycles. The molecule has 2 heterocycles. The number of nitrogens with zero attached hydrogens (tertiary/aromatic N) is 3. The third-order valence-corrected chi connectivity index (χ3v) is 3.76. The van der Waals surface area contributed by atoms with E-state index < -0.39 is 5.97 Å². The van der Waals surface area contributed by atoms with Gasteiger partial charge in [-0.25, -0.2) is 0 Å². The Morgan fingerprint density at radius 2 is 2.29 bits per heavy atom. The third-order valence-electron chi connectivity index (χ3n) is 3.76. The van der Waals surface area contributed by atoms with Crippen molar-refractivity contribution in [2.24, 2.45) is 13.0 Å². The Morgan fingerprint density at radius 1 is 1.52 bits per heavy atom. The van der Waals surface area contributed by atoms with Crippen LogP contribution in [0.5, 0.6) is 0 Å². The highest BCUT2D eigenvalue weighted by atomic mass is 16.4. The second kappa shape index (κ2) is 6.71. The minimum atomic E-state index is -0.857. The fourth-order valence-electron chi connectivity index (χ4n) is 2.78. The van der Waals surface area contributed by atoms with Crippen LogP contribution in [0.2, 0.25) is 0 Å². The number of aromatic nitrogens is 2. The molecule has 0 aromatic carbocycles. The zero-order valence-electron chi connectivity index (χ0n) is 12.5. The average Bonchev–Trinajstić information content (AvgIpc) is 2.77. The minimum absolute atomic E-state index is 0.0172. The van der Waals surface area contributed by atoms with Gasteiger partial charge in [-0.2, -0.15) is 5.10 Å². The van der Waals surface area contributed by atoms with Gasteiger partial charge >= 0.3 is 5.97 Å². The number of carbonyl (C=O) groups excluding carboxylic acids is 1. The lowest BCUT2D eigenvalue weighted by Gasteiger charge is -2.32. The molecule has 1 atom stereocenters. The van der Waals surface area contributed by atoms with E-state index in [1.54, 1.807) is 17.9 Å². The second-order valence-corrected chi connectivity index (χ2v) is 5.59. The van der Waals surface area contributed by atoms with E-state index in [-0.39, 0.29) is 12.5 Å². The molecule has 2 rings (SSSR count). The molecule has 1 aromatic rings. The Kier molecular flexibility index (Phi) is 4.95. The molecule has 0 spiro atoms. The van der Waals surface area contributed by atoms with Crippen molar-refractivity contribution in [1.29, 1.82) is 0 Å². The van der Waals surface area contributed by atoms with Crippen LogP contribution in [-0.4, -0.2) is 57.8 Å². The van der Waals surface area contributed by atoms with Crippen LogP contribution < -0.4 is 5.32 Å². The van der Waals surface area contributed by atoms with Crippen molar-refractivity contribution in [2.75, 3.05) is 26.2 Å². The summed E-state index contributed by atoms with van der Waals surface area (Å²) in [6.45, 7) is 3.85. The van der Waals surface area contributed by atoms with Crippen LogP contribution in [0.4, 0.5) is 0 Å². The molecule has 1 saturated heterocycles. The van der Waals surface area contributed by atoms with E-state index in [4.69, 9.17) is 5.11 Å². The number of carboxylic acid groups (broad SMARTS) is 1. The van der Waals surface area contributed by atoms with E-state index in [2.05, 4.69) is 10.4 Å². The van der Waals surface area contributed by atoms with E-state index >= 15 is 0 Å². The first-order valence-corrected chi connectivity index (χ1v) is 7.19. The number of piperidine rings is 1. The van der Waals surface area contributed by atoms with Crippen LogP contribution in [0.3, 0.4) is 0 Å². The van der Waals surface area contributed by atoms with Gasteiger partial charge in [-0.3, -0.25) is 14.3 Å². The number of likely N-dealkylation sites (tertiary alicyclic amines) is 1. The summed E-state index contributed by atoms with van der Waals surface area (Å²) >= 11 is 0. The monoisotopic (exact) mass is 294 g/mol. The molecule has 2 N–H and O–H groups in total. The molecule has 1 aliphatic rings. The van der Waals surface area contributed by atoms with E-state index in [0.29, 0.717) is 24.6 Å². The molecule has 1 amide bonds. The van der Waals surface area contributed by atoms with Gasteiger partial charge in [0.15, 0.2) is 0 Å². The van der Waals surface area contributed by atoms with Gasteiger partial charge in [0, 0.05) is 32.9 Å².